The molecule has 150 valence electrons. The molecule has 2 nitrogen and oxygen atoms in total. The average molecular weight is 386 g/mol. The summed E-state index contributed by atoms with van der Waals surface area (Å²) in [6, 6.07) is 17.5. The van der Waals surface area contributed by atoms with E-state index in [9.17, 15) is 0 Å². The minimum absolute atomic E-state index is 0.649. The lowest BCUT2D eigenvalue weighted by atomic mass is 10.1. The first-order valence-corrected chi connectivity index (χ1v) is 10.7. The molecule has 0 unspecified atom stereocenters. The predicted octanol–water partition coefficient (Wildman–Crippen LogP) is 7.14. The number of nitrogens with zero attached hydrogens (tertiary/aromatic N) is 1. The summed E-state index contributed by atoms with van der Waals surface area (Å²) in [5.74, 6) is 7.02. The highest BCUT2D eigenvalue weighted by Gasteiger charge is 1.95. The van der Waals surface area contributed by atoms with Gasteiger partial charge in [-0.3, -0.25) is 0 Å². The Bertz CT molecular complexity index is 829. The highest BCUT2D eigenvalue weighted by atomic mass is 16.5. The summed E-state index contributed by atoms with van der Waals surface area (Å²) in [5.41, 5.74) is 2.65. The van der Waals surface area contributed by atoms with Crippen molar-refractivity contribution in [2.24, 2.45) is 0 Å². The highest BCUT2D eigenvalue weighted by Crippen LogP contribution is 2.14. The average Bonchev–Trinajstić information content (AvgIpc) is 2.77. The normalized spacial score (nSPS) is 10.3. The quantitative estimate of drug-likeness (QED) is 0.304. The summed E-state index contributed by atoms with van der Waals surface area (Å²) < 4.78 is 5.83. The SMILES string of the molecule is CCCCCCCCCCOc1ccc(/C=C/C#Cc2ccc(C#N)cc2)cc1. The van der Waals surface area contributed by atoms with Gasteiger partial charge in [0.25, 0.3) is 0 Å². The van der Waals surface area contributed by atoms with Crippen molar-refractivity contribution >= 4 is 6.08 Å². The number of rotatable bonds is 11. The van der Waals surface area contributed by atoms with Gasteiger partial charge in [0.1, 0.15) is 5.75 Å². The van der Waals surface area contributed by atoms with Crippen molar-refractivity contribution in [2.45, 2.75) is 58.3 Å². The van der Waals surface area contributed by atoms with Crippen LogP contribution in [-0.2, 0) is 0 Å². The van der Waals surface area contributed by atoms with Crippen LogP contribution in [0.5, 0.6) is 5.75 Å². The van der Waals surface area contributed by atoms with Crippen LogP contribution in [0, 0.1) is 23.2 Å². The molecular formula is C27H31NO. The maximum absolute atomic E-state index is 8.80. The van der Waals surface area contributed by atoms with E-state index in [1.807, 2.05) is 48.6 Å². The van der Waals surface area contributed by atoms with Crippen molar-refractivity contribution in [3.05, 3.63) is 71.3 Å². The van der Waals surface area contributed by atoms with Crippen LogP contribution in [0.1, 0.15) is 75.0 Å². The van der Waals surface area contributed by atoms with Gasteiger partial charge in [-0.25, -0.2) is 0 Å². The Labute approximate surface area is 176 Å². The second kappa shape index (κ2) is 14.1. The molecule has 2 aromatic rings. The van der Waals surface area contributed by atoms with Gasteiger partial charge >= 0.3 is 0 Å². The van der Waals surface area contributed by atoms with Crippen LogP contribution in [0.4, 0.5) is 0 Å². The Morgan fingerprint density at radius 1 is 0.793 bits per heavy atom. The third-order valence-electron chi connectivity index (χ3n) is 4.74. The number of benzene rings is 2. The van der Waals surface area contributed by atoms with Crippen LogP contribution in [0.2, 0.25) is 0 Å². The predicted molar refractivity (Wildman–Crippen MR) is 122 cm³/mol. The first-order valence-electron chi connectivity index (χ1n) is 10.7. The van der Waals surface area contributed by atoms with Gasteiger partial charge in [0.15, 0.2) is 0 Å². The largest absolute Gasteiger partial charge is 0.494 e. The first kappa shape index (κ1) is 22.3. The Morgan fingerprint density at radius 3 is 2.07 bits per heavy atom. The zero-order valence-corrected chi connectivity index (χ0v) is 17.5. The molecule has 0 aromatic heterocycles. The minimum Gasteiger partial charge on any atom is -0.494 e. The third kappa shape index (κ3) is 9.68. The maximum atomic E-state index is 8.80. The number of unbranched alkanes of at least 4 members (excludes halogenated alkanes) is 7. The Morgan fingerprint density at radius 2 is 1.41 bits per heavy atom. The number of ether oxygens (including phenoxy) is 1. The third-order valence-corrected chi connectivity index (χ3v) is 4.74. The number of hydrogen-bond acceptors (Lipinski definition) is 2. The van der Waals surface area contributed by atoms with Crippen LogP contribution in [0.3, 0.4) is 0 Å². The molecule has 0 bridgehead atoms. The van der Waals surface area contributed by atoms with Crippen molar-refractivity contribution in [1.29, 1.82) is 5.26 Å². The minimum atomic E-state index is 0.649. The topological polar surface area (TPSA) is 33.0 Å². The second-order valence-corrected chi connectivity index (χ2v) is 7.18. The molecule has 0 aliphatic rings. The van der Waals surface area contributed by atoms with E-state index in [0.717, 1.165) is 29.9 Å². The number of nitriles is 1. The highest BCUT2D eigenvalue weighted by molar-refractivity contribution is 5.54. The Kier molecular flexibility index (Phi) is 10.8. The maximum Gasteiger partial charge on any atom is 0.119 e. The van der Waals surface area contributed by atoms with E-state index >= 15 is 0 Å². The monoisotopic (exact) mass is 385 g/mol. The Hall–Kier alpha value is -2.97. The fourth-order valence-electron chi connectivity index (χ4n) is 2.99. The van der Waals surface area contributed by atoms with Crippen molar-refractivity contribution < 1.29 is 4.74 Å². The van der Waals surface area contributed by atoms with E-state index in [1.165, 1.54) is 44.9 Å². The van der Waals surface area contributed by atoms with Crippen LogP contribution >= 0.6 is 0 Å². The molecular weight excluding hydrogens is 354 g/mol. The van der Waals surface area contributed by atoms with Crippen molar-refractivity contribution in [1.82, 2.24) is 0 Å². The van der Waals surface area contributed by atoms with Crippen LogP contribution in [0.25, 0.3) is 6.08 Å². The molecule has 0 N–H and O–H groups in total. The Balaban J connectivity index is 1.65. The zero-order chi connectivity index (χ0) is 20.6. The van der Waals surface area contributed by atoms with E-state index < -0.39 is 0 Å². The molecule has 0 amide bonds. The molecule has 2 rings (SSSR count). The summed E-state index contributed by atoms with van der Waals surface area (Å²) in [6.07, 6.45) is 14.3. The molecule has 0 aliphatic carbocycles. The molecule has 0 spiro atoms. The summed E-state index contributed by atoms with van der Waals surface area (Å²) >= 11 is 0. The van der Waals surface area contributed by atoms with Gasteiger partial charge in [-0.2, -0.15) is 5.26 Å². The van der Waals surface area contributed by atoms with E-state index in [4.69, 9.17) is 10.00 Å². The number of hydrogen-bond donors (Lipinski definition) is 0. The van der Waals surface area contributed by atoms with Gasteiger partial charge in [-0.15, -0.1) is 0 Å². The van der Waals surface area contributed by atoms with Crippen LogP contribution in [0.15, 0.2) is 54.6 Å². The van der Waals surface area contributed by atoms with Crippen LogP contribution in [-0.4, -0.2) is 6.61 Å². The van der Waals surface area contributed by atoms with E-state index in [1.54, 1.807) is 12.1 Å². The molecule has 0 heterocycles. The second-order valence-electron chi connectivity index (χ2n) is 7.18. The van der Waals surface area contributed by atoms with Crippen molar-refractivity contribution in [3.8, 4) is 23.7 Å². The van der Waals surface area contributed by atoms with E-state index in [-0.39, 0.29) is 0 Å². The van der Waals surface area contributed by atoms with Crippen molar-refractivity contribution in [2.75, 3.05) is 6.61 Å². The van der Waals surface area contributed by atoms with Crippen molar-refractivity contribution in [3.63, 3.8) is 0 Å². The molecule has 0 fully saturated rings. The van der Waals surface area contributed by atoms with Gasteiger partial charge < -0.3 is 4.74 Å². The van der Waals surface area contributed by atoms with Gasteiger partial charge in [0, 0.05) is 5.56 Å². The zero-order valence-electron chi connectivity index (χ0n) is 17.5. The molecule has 0 radical (unpaired) electrons. The van der Waals surface area contributed by atoms with Gasteiger partial charge in [0.05, 0.1) is 18.2 Å². The number of allylic oxidation sites excluding steroid dienone is 1. The fraction of sp³-hybridized carbons (Fsp3) is 0.370. The standard InChI is InChI=1S/C27H31NO/c1-2-3-4-5-6-7-8-11-22-29-27-20-18-25(19-21-27)13-10-9-12-24-14-16-26(23-28)17-15-24/h10,13-21H,2-8,11,22H2,1H3/b13-10+. The molecule has 0 aliphatic heterocycles. The molecule has 29 heavy (non-hydrogen) atoms. The van der Waals surface area contributed by atoms with Gasteiger partial charge in [0.2, 0.25) is 0 Å². The lowest BCUT2D eigenvalue weighted by molar-refractivity contribution is 0.304. The smallest absolute Gasteiger partial charge is 0.119 e. The fourth-order valence-corrected chi connectivity index (χ4v) is 2.99. The molecule has 0 atom stereocenters. The van der Waals surface area contributed by atoms with E-state index in [0.29, 0.717) is 5.56 Å². The molecule has 0 saturated carbocycles. The summed E-state index contributed by atoms with van der Waals surface area (Å²) in [6.45, 7) is 3.05. The van der Waals surface area contributed by atoms with E-state index in [2.05, 4.69) is 24.8 Å². The summed E-state index contributed by atoms with van der Waals surface area (Å²) in [4.78, 5) is 0. The lowest BCUT2D eigenvalue weighted by Gasteiger charge is -2.06. The molecule has 0 saturated heterocycles. The van der Waals surface area contributed by atoms with Gasteiger partial charge in [-0.1, -0.05) is 75.8 Å². The molecule has 2 aromatic carbocycles. The first-order chi connectivity index (χ1) is 14.3. The van der Waals surface area contributed by atoms with Gasteiger partial charge in [-0.05, 0) is 60.5 Å². The molecule has 2 heteroatoms. The summed E-state index contributed by atoms with van der Waals surface area (Å²) in [7, 11) is 0. The summed E-state index contributed by atoms with van der Waals surface area (Å²) in [5, 5.41) is 8.80. The van der Waals surface area contributed by atoms with Crippen LogP contribution < -0.4 is 4.74 Å². The lowest BCUT2D eigenvalue weighted by Crippen LogP contribution is -1.97.